The van der Waals surface area contributed by atoms with E-state index in [2.05, 4.69) is 5.32 Å². The third-order valence-electron chi connectivity index (χ3n) is 9.58. The number of carbonyl (C=O) groups excluding carboxylic acids is 2. The molecule has 5 fully saturated rings. The second kappa shape index (κ2) is 9.53. The number of halogens is 2. The Morgan fingerprint density at radius 1 is 0.951 bits per heavy atom. The number of rotatable bonds is 4. The van der Waals surface area contributed by atoms with Gasteiger partial charge in [0.05, 0.1) is 11.1 Å². The van der Waals surface area contributed by atoms with Crippen LogP contribution in [0, 0.1) is 29.4 Å². The third kappa shape index (κ3) is 4.51. The lowest BCUT2D eigenvalue weighted by atomic mass is 9.53. The van der Waals surface area contributed by atoms with Crippen molar-refractivity contribution in [3.8, 4) is 5.69 Å². The molecule has 0 atom stereocenters. The highest BCUT2D eigenvalue weighted by molar-refractivity contribution is 5.98. The van der Waals surface area contributed by atoms with Crippen LogP contribution in [0.15, 0.2) is 41.3 Å². The van der Waals surface area contributed by atoms with Crippen molar-refractivity contribution in [2.24, 2.45) is 23.5 Å². The Kier molecular flexibility index (Phi) is 6.02. The summed E-state index contributed by atoms with van der Waals surface area (Å²) in [5.41, 5.74) is 4.64. The summed E-state index contributed by atoms with van der Waals surface area (Å²) in [5, 5.41) is 3.41. The number of carbonyl (C=O) groups is 2. The number of primary amides is 1. The van der Waals surface area contributed by atoms with E-state index in [9.17, 15) is 18.8 Å². The molecular weight excluding hydrogens is 530 g/mol. The van der Waals surface area contributed by atoms with E-state index in [1.807, 2.05) is 4.90 Å². The van der Waals surface area contributed by atoms with Gasteiger partial charge < -0.3 is 20.9 Å². The highest BCUT2D eigenvalue weighted by Crippen LogP contribution is 2.55. The zero-order valence-corrected chi connectivity index (χ0v) is 22.6. The number of nitrogens with two attached hydrogens (primary N) is 1. The van der Waals surface area contributed by atoms with Crippen LogP contribution in [-0.4, -0.2) is 58.1 Å². The van der Waals surface area contributed by atoms with E-state index in [1.54, 1.807) is 12.1 Å². The molecule has 2 aromatic heterocycles. The van der Waals surface area contributed by atoms with Crippen LogP contribution in [0.2, 0.25) is 0 Å². The lowest BCUT2D eigenvalue weighted by Gasteiger charge is -2.56. The van der Waals surface area contributed by atoms with Gasteiger partial charge in [0.2, 0.25) is 5.43 Å². The number of pyridine rings is 2. The number of urea groups is 1. The fourth-order valence-corrected chi connectivity index (χ4v) is 8.12. The molecule has 214 valence electrons. The van der Waals surface area contributed by atoms with E-state index >= 15 is 4.39 Å². The normalized spacial score (nSPS) is 26.9. The molecule has 3 aromatic rings. The van der Waals surface area contributed by atoms with Gasteiger partial charge in [-0.15, -0.1) is 0 Å². The lowest BCUT2D eigenvalue weighted by Crippen LogP contribution is -2.60. The van der Waals surface area contributed by atoms with Crippen LogP contribution in [-0.2, 0) is 0 Å². The van der Waals surface area contributed by atoms with E-state index < -0.39 is 29.0 Å². The summed E-state index contributed by atoms with van der Waals surface area (Å²) in [5.74, 6) is 0.300. The van der Waals surface area contributed by atoms with Crippen molar-refractivity contribution in [2.45, 2.75) is 44.1 Å². The van der Waals surface area contributed by atoms with Crippen LogP contribution in [0.4, 0.5) is 19.4 Å². The smallest absolute Gasteiger partial charge is 0.314 e. The summed E-state index contributed by atoms with van der Waals surface area (Å²) >= 11 is 0. The van der Waals surface area contributed by atoms with Crippen molar-refractivity contribution in [3.63, 3.8) is 0 Å². The van der Waals surface area contributed by atoms with Crippen LogP contribution < -0.4 is 21.4 Å². The van der Waals surface area contributed by atoms with Gasteiger partial charge in [0.15, 0.2) is 5.65 Å². The monoisotopic (exact) mass is 562 g/mol. The maximum atomic E-state index is 15.1. The molecule has 4 bridgehead atoms. The van der Waals surface area contributed by atoms with E-state index in [1.165, 1.54) is 41.0 Å². The molecule has 0 spiro atoms. The van der Waals surface area contributed by atoms with Gasteiger partial charge in [0, 0.05) is 44.0 Å². The molecule has 0 radical (unpaired) electrons. The molecule has 4 aliphatic carbocycles. The van der Waals surface area contributed by atoms with Crippen molar-refractivity contribution < 1.29 is 18.4 Å². The number of nitrogens with one attached hydrogen (secondary N) is 1. The first kappa shape index (κ1) is 25.9. The van der Waals surface area contributed by atoms with Gasteiger partial charge in [-0.05, 0) is 80.5 Å². The molecule has 11 heteroatoms. The number of nitrogens with zero attached hydrogens (tertiary/aromatic N) is 4. The average molecular weight is 563 g/mol. The number of aromatic nitrogens is 2. The molecule has 3 amide bonds. The van der Waals surface area contributed by atoms with Gasteiger partial charge in [0.25, 0.3) is 5.91 Å². The molecule has 0 unspecified atom stereocenters. The van der Waals surface area contributed by atoms with E-state index in [4.69, 9.17) is 10.7 Å². The Bertz CT molecular complexity index is 1600. The van der Waals surface area contributed by atoms with Gasteiger partial charge in [0.1, 0.15) is 23.0 Å². The van der Waals surface area contributed by atoms with Crippen LogP contribution in [0.5, 0.6) is 0 Å². The molecule has 1 aliphatic heterocycles. The number of benzene rings is 1. The lowest BCUT2D eigenvalue weighted by molar-refractivity contribution is -0.0167. The molecule has 5 aliphatic rings. The molecule has 3 N–H and O–H groups in total. The maximum Gasteiger partial charge on any atom is 0.314 e. The van der Waals surface area contributed by atoms with Gasteiger partial charge in [-0.1, -0.05) is 0 Å². The fraction of sp³-hybridized carbons (Fsp3) is 0.467. The molecule has 3 heterocycles. The topological polar surface area (TPSA) is 114 Å². The van der Waals surface area contributed by atoms with Crippen LogP contribution in [0.1, 0.15) is 48.9 Å². The van der Waals surface area contributed by atoms with E-state index in [-0.39, 0.29) is 27.8 Å². The average Bonchev–Trinajstić information content (AvgIpc) is 2.92. The molecule has 41 heavy (non-hydrogen) atoms. The summed E-state index contributed by atoms with van der Waals surface area (Å²) in [6, 6.07) is 5.97. The standard InChI is InChI=1S/C30H32F2N6O3/c31-20-1-3-24(23(32)12-20)38-16-22(28(40)35-30-13-17-9-18(14-30)11-19(10-17)15-30)26(39)21-2-4-25(34-27(21)38)36-5-7-37(8-6-36)29(33)41/h1-4,12,16-19H,5-11,13-15H2,(H2,33,41)(H,35,40). The third-order valence-corrected chi connectivity index (χ3v) is 9.58. The Labute approximate surface area is 235 Å². The number of anilines is 1. The quantitative estimate of drug-likeness (QED) is 0.505. The minimum atomic E-state index is -0.843. The second-order valence-corrected chi connectivity index (χ2v) is 12.3. The molecule has 1 saturated heterocycles. The van der Waals surface area contributed by atoms with Gasteiger partial charge in [-0.2, -0.15) is 0 Å². The fourth-order valence-electron chi connectivity index (χ4n) is 8.12. The van der Waals surface area contributed by atoms with Crippen LogP contribution in [0.25, 0.3) is 16.7 Å². The zero-order valence-electron chi connectivity index (χ0n) is 22.6. The van der Waals surface area contributed by atoms with E-state index in [0.29, 0.717) is 49.8 Å². The van der Waals surface area contributed by atoms with Crippen molar-refractivity contribution in [1.82, 2.24) is 19.8 Å². The van der Waals surface area contributed by atoms with Gasteiger partial charge in [-0.3, -0.25) is 14.2 Å². The SMILES string of the molecule is NC(=O)N1CCN(c2ccc3c(=O)c(C(=O)NC45CC6CC(CC(C6)C4)C5)cn(-c4ccc(F)cc4F)c3n2)CC1. The molecule has 8 rings (SSSR count). The summed E-state index contributed by atoms with van der Waals surface area (Å²) < 4.78 is 30.3. The number of amides is 3. The zero-order chi connectivity index (χ0) is 28.5. The Balaban J connectivity index is 1.29. The van der Waals surface area contributed by atoms with Crippen molar-refractivity contribution in [3.05, 3.63) is 63.9 Å². The number of piperazine rings is 1. The van der Waals surface area contributed by atoms with Crippen molar-refractivity contribution in [2.75, 3.05) is 31.1 Å². The first-order valence-corrected chi connectivity index (χ1v) is 14.3. The first-order valence-electron chi connectivity index (χ1n) is 14.3. The maximum absolute atomic E-state index is 15.1. The van der Waals surface area contributed by atoms with Gasteiger partial charge >= 0.3 is 6.03 Å². The highest BCUT2D eigenvalue weighted by Gasteiger charge is 2.51. The van der Waals surface area contributed by atoms with Crippen LogP contribution >= 0.6 is 0 Å². The minimum Gasteiger partial charge on any atom is -0.353 e. The van der Waals surface area contributed by atoms with Crippen molar-refractivity contribution in [1.29, 1.82) is 0 Å². The molecule has 9 nitrogen and oxygen atoms in total. The largest absolute Gasteiger partial charge is 0.353 e. The number of hydrogen-bond acceptors (Lipinski definition) is 5. The summed E-state index contributed by atoms with van der Waals surface area (Å²) in [4.78, 5) is 47.2. The molecule has 1 aromatic carbocycles. The Morgan fingerprint density at radius 2 is 1.61 bits per heavy atom. The summed E-state index contributed by atoms with van der Waals surface area (Å²) in [6.07, 6.45) is 7.75. The Hall–Kier alpha value is -4.02. The Morgan fingerprint density at radius 3 is 2.22 bits per heavy atom. The predicted molar refractivity (Wildman–Crippen MR) is 149 cm³/mol. The number of fused-ring (bicyclic) bond motifs is 1. The molecular formula is C30H32F2N6O3. The minimum absolute atomic E-state index is 0.0246. The van der Waals surface area contributed by atoms with E-state index in [0.717, 1.165) is 31.4 Å². The summed E-state index contributed by atoms with van der Waals surface area (Å²) in [7, 11) is 0. The van der Waals surface area contributed by atoms with Crippen molar-refractivity contribution >= 4 is 28.8 Å². The predicted octanol–water partition coefficient (Wildman–Crippen LogP) is 3.56. The molecule has 4 saturated carbocycles. The van der Waals surface area contributed by atoms with Crippen LogP contribution in [0.3, 0.4) is 0 Å². The first-order chi connectivity index (χ1) is 19.7. The summed E-state index contributed by atoms with van der Waals surface area (Å²) in [6.45, 7) is 1.78. The highest BCUT2D eigenvalue weighted by atomic mass is 19.1. The second-order valence-electron chi connectivity index (χ2n) is 12.3. The number of hydrogen-bond donors (Lipinski definition) is 2. The van der Waals surface area contributed by atoms with Gasteiger partial charge in [-0.25, -0.2) is 18.6 Å².